The van der Waals surface area contributed by atoms with Crippen molar-refractivity contribution in [1.82, 2.24) is 10.2 Å². The summed E-state index contributed by atoms with van der Waals surface area (Å²) in [5.74, 6) is 0.379. The lowest BCUT2D eigenvalue weighted by Crippen LogP contribution is -2.12. The van der Waals surface area contributed by atoms with E-state index in [4.69, 9.17) is 5.73 Å². The average molecular weight is 308 g/mol. The number of nitrogens with two attached hydrogens (primary N) is 1. The van der Waals surface area contributed by atoms with Crippen molar-refractivity contribution in [3.63, 3.8) is 0 Å². The fourth-order valence-electron chi connectivity index (χ4n) is 1.53. The summed E-state index contributed by atoms with van der Waals surface area (Å²) in [5, 5.41) is 11.9. The lowest BCUT2D eigenvalue weighted by atomic mass is 10.0. The molecule has 1 amide bonds. The normalized spacial score (nSPS) is 10.8. The predicted molar refractivity (Wildman–Crippen MR) is 83.6 cm³/mol. The largest absolute Gasteiger partial charge is 0.369 e. The highest BCUT2D eigenvalue weighted by Crippen LogP contribution is 2.27. The Morgan fingerprint density at radius 3 is 2.65 bits per heavy atom. The van der Waals surface area contributed by atoms with Gasteiger partial charge in [0, 0.05) is 5.69 Å². The molecule has 1 aromatic heterocycles. The average Bonchev–Trinajstić information content (AvgIpc) is 2.84. The third kappa shape index (κ3) is 4.21. The minimum Gasteiger partial charge on any atom is -0.369 e. The molecule has 106 valence electrons. The zero-order chi connectivity index (χ0) is 14.5. The number of hydrogen-bond acceptors (Lipinski definition) is 6. The van der Waals surface area contributed by atoms with Crippen molar-refractivity contribution in [3.8, 4) is 0 Å². The number of primary amides is 1. The van der Waals surface area contributed by atoms with Crippen LogP contribution in [0.1, 0.15) is 25.3 Å². The van der Waals surface area contributed by atoms with Crippen molar-refractivity contribution in [2.24, 2.45) is 5.73 Å². The third-order valence-electron chi connectivity index (χ3n) is 2.57. The van der Waals surface area contributed by atoms with E-state index in [0.29, 0.717) is 11.0 Å². The number of aromatic nitrogens is 2. The molecule has 20 heavy (non-hydrogen) atoms. The molecule has 0 saturated carbocycles. The van der Waals surface area contributed by atoms with E-state index in [1.165, 1.54) is 28.7 Å². The summed E-state index contributed by atoms with van der Waals surface area (Å²) in [6.45, 7) is 4.32. The summed E-state index contributed by atoms with van der Waals surface area (Å²) in [7, 11) is 0. The molecule has 0 saturated heterocycles. The van der Waals surface area contributed by atoms with E-state index < -0.39 is 0 Å². The Kier molecular flexibility index (Phi) is 4.97. The summed E-state index contributed by atoms with van der Waals surface area (Å²) in [6, 6.07) is 8.23. The number of anilines is 2. The molecule has 0 bridgehead atoms. The van der Waals surface area contributed by atoms with Gasteiger partial charge >= 0.3 is 0 Å². The van der Waals surface area contributed by atoms with Crippen LogP contribution in [0.15, 0.2) is 28.6 Å². The van der Waals surface area contributed by atoms with Crippen molar-refractivity contribution in [3.05, 3.63) is 29.8 Å². The second-order valence-corrected chi connectivity index (χ2v) is 6.73. The van der Waals surface area contributed by atoms with Crippen LogP contribution in [0.5, 0.6) is 0 Å². The third-order valence-corrected chi connectivity index (χ3v) is 4.57. The quantitative estimate of drug-likeness (QED) is 0.802. The van der Waals surface area contributed by atoms with Crippen molar-refractivity contribution >= 4 is 39.8 Å². The summed E-state index contributed by atoms with van der Waals surface area (Å²) in [5.41, 5.74) is 7.36. The molecule has 3 N–H and O–H groups in total. The fraction of sp³-hybridized carbons (Fsp3) is 0.308. The van der Waals surface area contributed by atoms with E-state index in [-0.39, 0.29) is 11.7 Å². The molecule has 5 nitrogen and oxygen atoms in total. The highest BCUT2D eigenvalue weighted by Gasteiger charge is 2.07. The Hall–Kier alpha value is -1.60. The summed E-state index contributed by atoms with van der Waals surface area (Å²) in [6.07, 6.45) is 0. The summed E-state index contributed by atoms with van der Waals surface area (Å²) in [4.78, 5) is 10.7. The Bertz CT molecular complexity index is 580. The SMILES string of the molecule is CC(C)c1ccc(Nc2nnc(SCC(N)=O)s2)cc1. The Labute approximate surface area is 126 Å². The zero-order valence-electron chi connectivity index (χ0n) is 11.3. The second-order valence-electron chi connectivity index (χ2n) is 4.53. The maximum atomic E-state index is 10.7. The van der Waals surface area contributed by atoms with Gasteiger partial charge in [-0.3, -0.25) is 4.79 Å². The van der Waals surface area contributed by atoms with Gasteiger partial charge in [-0.05, 0) is 23.6 Å². The summed E-state index contributed by atoms with van der Waals surface area (Å²) < 4.78 is 0.727. The van der Waals surface area contributed by atoms with Crippen LogP contribution in [0.25, 0.3) is 0 Å². The van der Waals surface area contributed by atoms with E-state index in [0.717, 1.165) is 10.0 Å². The first-order valence-corrected chi connectivity index (χ1v) is 7.96. The summed E-state index contributed by atoms with van der Waals surface area (Å²) >= 11 is 2.70. The minimum atomic E-state index is -0.357. The van der Waals surface area contributed by atoms with E-state index >= 15 is 0 Å². The van der Waals surface area contributed by atoms with E-state index in [9.17, 15) is 4.79 Å². The first kappa shape index (κ1) is 14.8. The Balaban J connectivity index is 1.97. The molecule has 7 heteroatoms. The van der Waals surface area contributed by atoms with Crippen LogP contribution in [0.3, 0.4) is 0 Å². The topological polar surface area (TPSA) is 80.9 Å². The van der Waals surface area contributed by atoms with E-state index in [1.54, 1.807) is 0 Å². The number of amides is 1. The predicted octanol–water partition coefficient (Wildman–Crippen LogP) is 2.98. The maximum absolute atomic E-state index is 10.7. The minimum absolute atomic E-state index is 0.220. The zero-order valence-corrected chi connectivity index (χ0v) is 12.9. The number of carbonyl (C=O) groups is 1. The van der Waals surface area contributed by atoms with Crippen LogP contribution in [0.4, 0.5) is 10.8 Å². The Morgan fingerprint density at radius 2 is 2.05 bits per heavy atom. The van der Waals surface area contributed by atoms with Crippen molar-refractivity contribution in [2.75, 3.05) is 11.1 Å². The van der Waals surface area contributed by atoms with Gasteiger partial charge in [0.2, 0.25) is 11.0 Å². The first-order valence-electron chi connectivity index (χ1n) is 6.16. The highest BCUT2D eigenvalue weighted by atomic mass is 32.2. The van der Waals surface area contributed by atoms with Gasteiger partial charge in [0.1, 0.15) is 0 Å². The van der Waals surface area contributed by atoms with Gasteiger partial charge in [-0.2, -0.15) is 0 Å². The molecule has 2 aromatic rings. The van der Waals surface area contributed by atoms with Crippen LogP contribution in [0, 0.1) is 0 Å². The molecule has 0 aliphatic heterocycles. The van der Waals surface area contributed by atoms with Crippen LogP contribution in [0.2, 0.25) is 0 Å². The molecular formula is C13H16N4OS2. The molecule has 0 radical (unpaired) electrons. The first-order chi connectivity index (χ1) is 9.54. The number of carbonyl (C=O) groups excluding carboxylic acids is 1. The monoisotopic (exact) mass is 308 g/mol. The van der Waals surface area contributed by atoms with Crippen molar-refractivity contribution < 1.29 is 4.79 Å². The number of nitrogens with zero attached hydrogens (tertiary/aromatic N) is 2. The molecule has 2 rings (SSSR count). The number of nitrogens with one attached hydrogen (secondary N) is 1. The molecule has 0 atom stereocenters. The van der Waals surface area contributed by atoms with Crippen LogP contribution < -0.4 is 11.1 Å². The lowest BCUT2D eigenvalue weighted by Gasteiger charge is -2.06. The number of hydrogen-bond donors (Lipinski definition) is 2. The number of benzene rings is 1. The highest BCUT2D eigenvalue weighted by molar-refractivity contribution is 8.01. The molecule has 0 aliphatic carbocycles. The second kappa shape index (κ2) is 6.71. The van der Waals surface area contributed by atoms with E-state index in [1.807, 2.05) is 12.1 Å². The van der Waals surface area contributed by atoms with Gasteiger partial charge in [0.15, 0.2) is 4.34 Å². The molecule has 0 spiro atoms. The van der Waals surface area contributed by atoms with Crippen LogP contribution >= 0.6 is 23.1 Å². The molecule has 1 aromatic carbocycles. The molecule has 0 unspecified atom stereocenters. The smallest absolute Gasteiger partial charge is 0.227 e. The fourth-order valence-corrected chi connectivity index (χ4v) is 3.04. The van der Waals surface area contributed by atoms with Gasteiger partial charge in [-0.25, -0.2) is 0 Å². The molecule has 0 aliphatic rings. The van der Waals surface area contributed by atoms with Crippen molar-refractivity contribution in [1.29, 1.82) is 0 Å². The molecule has 0 fully saturated rings. The molecular weight excluding hydrogens is 292 g/mol. The Morgan fingerprint density at radius 1 is 1.35 bits per heavy atom. The number of thioether (sulfide) groups is 1. The lowest BCUT2D eigenvalue weighted by molar-refractivity contribution is -0.115. The van der Waals surface area contributed by atoms with Crippen LogP contribution in [-0.2, 0) is 4.79 Å². The maximum Gasteiger partial charge on any atom is 0.227 e. The van der Waals surface area contributed by atoms with Gasteiger partial charge < -0.3 is 11.1 Å². The van der Waals surface area contributed by atoms with Gasteiger partial charge in [-0.1, -0.05) is 49.1 Å². The number of rotatable bonds is 6. The van der Waals surface area contributed by atoms with Crippen molar-refractivity contribution in [2.45, 2.75) is 24.1 Å². The van der Waals surface area contributed by atoms with Gasteiger partial charge in [0.05, 0.1) is 5.75 Å². The standard InChI is InChI=1S/C13H16N4OS2/c1-8(2)9-3-5-10(6-4-9)15-12-16-17-13(20-12)19-7-11(14)18/h3-6,8H,7H2,1-2H3,(H2,14,18)(H,15,16). The van der Waals surface area contributed by atoms with Crippen LogP contribution in [-0.4, -0.2) is 21.9 Å². The van der Waals surface area contributed by atoms with E-state index in [2.05, 4.69) is 41.5 Å². The van der Waals surface area contributed by atoms with Gasteiger partial charge in [0.25, 0.3) is 0 Å². The molecule has 1 heterocycles. The van der Waals surface area contributed by atoms with Gasteiger partial charge in [-0.15, -0.1) is 10.2 Å².